The van der Waals surface area contributed by atoms with Gasteiger partial charge in [-0.3, -0.25) is 4.79 Å². The van der Waals surface area contributed by atoms with Gasteiger partial charge >= 0.3 is 0 Å². The van der Waals surface area contributed by atoms with Gasteiger partial charge in [-0.25, -0.2) is 0 Å². The highest BCUT2D eigenvalue weighted by molar-refractivity contribution is 9.11. The third-order valence-corrected chi connectivity index (χ3v) is 4.84. The zero-order valence-electron chi connectivity index (χ0n) is 10.1. The molecule has 2 rings (SSSR count). The van der Waals surface area contributed by atoms with E-state index in [-0.39, 0.29) is 5.91 Å². The van der Waals surface area contributed by atoms with Crippen LogP contribution in [0.1, 0.15) is 23.0 Å². The van der Waals surface area contributed by atoms with Crippen LogP contribution in [0.15, 0.2) is 15.9 Å². The first-order chi connectivity index (χ1) is 8.06. The number of carbonyl (C=O) groups excluding carboxylic acids is 1. The number of thiophene rings is 1. The van der Waals surface area contributed by atoms with E-state index in [0.717, 1.165) is 28.2 Å². The van der Waals surface area contributed by atoms with Crippen molar-refractivity contribution in [2.75, 3.05) is 20.1 Å². The molecular formula is C12H17BrN2OS. The van der Waals surface area contributed by atoms with E-state index in [1.165, 1.54) is 11.3 Å². The number of halogens is 1. The molecule has 0 aliphatic carbocycles. The number of hydrogen-bond donors (Lipinski definition) is 1. The Bertz CT molecular complexity index is 407. The Labute approximate surface area is 114 Å². The Morgan fingerprint density at radius 2 is 2.35 bits per heavy atom. The normalized spacial score (nSPS) is 25.8. The standard InChI is InChI=1S/C12H17BrN2OS/c1-8-7-15(2)6-5-9(8)14-12(16)10-3-4-11(13)17-10/h3-4,8-9H,5-7H2,1-2H3,(H,14,16). The summed E-state index contributed by atoms with van der Waals surface area (Å²) in [6, 6.07) is 4.08. The van der Waals surface area contributed by atoms with Gasteiger partial charge in [0.05, 0.1) is 8.66 Å². The maximum absolute atomic E-state index is 12.0. The van der Waals surface area contributed by atoms with E-state index in [9.17, 15) is 4.79 Å². The predicted molar refractivity (Wildman–Crippen MR) is 74.6 cm³/mol. The molecule has 2 heterocycles. The van der Waals surface area contributed by atoms with Gasteiger partial charge in [-0.15, -0.1) is 11.3 Å². The van der Waals surface area contributed by atoms with Crippen LogP contribution in [0.2, 0.25) is 0 Å². The van der Waals surface area contributed by atoms with E-state index in [2.05, 4.69) is 40.1 Å². The monoisotopic (exact) mass is 316 g/mol. The summed E-state index contributed by atoms with van der Waals surface area (Å²) in [5, 5.41) is 3.14. The highest BCUT2D eigenvalue weighted by atomic mass is 79.9. The Kier molecular flexibility index (Phi) is 4.22. The molecule has 1 fully saturated rings. The predicted octanol–water partition coefficient (Wildman–Crippen LogP) is 2.58. The van der Waals surface area contributed by atoms with Crippen molar-refractivity contribution in [3.8, 4) is 0 Å². The molecule has 2 atom stereocenters. The molecule has 1 aromatic heterocycles. The fraction of sp³-hybridized carbons (Fsp3) is 0.583. The first kappa shape index (κ1) is 13.1. The Morgan fingerprint density at radius 3 is 2.94 bits per heavy atom. The van der Waals surface area contributed by atoms with Crippen molar-refractivity contribution in [3.05, 3.63) is 20.8 Å². The highest BCUT2D eigenvalue weighted by Gasteiger charge is 2.26. The van der Waals surface area contributed by atoms with Crippen LogP contribution in [0.4, 0.5) is 0 Å². The molecule has 0 radical (unpaired) electrons. The van der Waals surface area contributed by atoms with Crippen LogP contribution >= 0.6 is 27.3 Å². The summed E-state index contributed by atoms with van der Waals surface area (Å²) in [6.07, 6.45) is 1.04. The second-order valence-corrected chi connectivity index (χ2v) is 7.17. The van der Waals surface area contributed by atoms with Gasteiger partial charge in [0.15, 0.2) is 0 Å². The van der Waals surface area contributed by atoms with Gasteiger partial charge in [0.1, 0.15) is 0 Å². The zero-order valence-corrected chi connectivity index (χ0v) is 12.5. The number of nitrogens with one attached hydrogen (secondary N) is 1. The maximum Gasteiger partial charge on any atom is 0.261 e. The number of piperidine rings is 1. The van der Waals surface area contributed by atoms with E-state index in [1.807, 2.05) is 12.1 Å². The summed E-state index contributed by atoms with van der Waals surface area (Å²) in [4.78, 5) is 15.1. The minimum Gasteiger partial charge on any atom is -0.348 e. The second kappa shape index (κ2) is 5.50. The van der Waals surface area contributed by atoms with Crippen LogP contribution in [0.3, 0.4) is 0 Å². The van der Waals surface area contributed by atoms with Gasteiger partial charge in [0.25, 0.3) is 5.91 Å². The maximum atomic E-state index is 12.0. The molecule has 0 saturated carbocycles. The summed E-state index contributed by atoms with van der Waals surface area (Å²) in [7, 11) is 2.13. The van der Waals surface area contributed by atoms with Crippen molar-refractivity contribution in [1.29, 1.82) is 0 Å². The van der Waals surface area contributed by atoms with E-state index in [0.29, 0.717) is 12.0 Å². The molecule has 1 amide bonds. The van der Waals surface area contributed by atoms with E-state index in [4.69, 9.17) is 0 Å². The SMILES string of the molecule is CC1CN(C)CCC1NC(=O)c1ccc(Br)s1. The summed E-state index contributed by atoms with van der Waals surface area (Å²) < 4.78 is 0.999. The molecule has 1 saturated heterocycles. The van der Waals surface area contributed by atoms with Crippen molar-refractivity contribution >= 4 is 33.2 Å². The summed E-state index contributed by atoms with van der Waals surface area (Å²) in [6.45, 7) is 4.31. The van der Waals surface area contributed by atoms with Crippen LogP contribution < -0.4 is 5.32 Å². The molecule has 1 aromatic rings. The molecule has 0 spiro atoms. The number of hydrogen-bond acceptors (Lipinski definition) is 3. The molecule has 94 valence electrons. The zero-order chi connectivity index (χ0) is 12.4. The molecule has 1 aliphatic rings. The van der Waals surface area contributed by atoms with Crippen molar-refractivity contribution in [3.63, 3.8) is 0 Å². The largest absolute Gasteiger partial charge is 0.348 e. The van der Waals surface area contributed by atoms with Gasteiger partial charge in [0.2, 0.25) is 0 Å². The van der Waals surface area contributed by atoms with E-state index >= 15 is 0 Å². The average Bonchev–Trinajstić information content (AvgIpc) is 2.69. The van der Waals surface area contributed by atoms with Crippen molar-refractivity contribution in [2.24, 2.45) is 5.92 Å². The minimum atomic E-state index is 0.0575. The van der Waals surface area contributed by atoms with Gasteiger partial charge in [-0.1, -0.05) is 6.92 Å². The van der Waals surface area contributed by atoms with Crippen LogP contribution in [-0.4, -0.2) is 37.0 Å². The fourth-order valence-electron chi connectivity index (χ4n) is 2.24. The van der Waals surface area contributed by atoms with Gasteiger partial charge in [0, 0.05) is 12.6 Å². The third-order valence-electron chi connectivity index (χ3n) is 3.22. The molecule has 0 aromatic carbocycles. The fourth-order valence-corrected chi connectivity index (χ4v) is 3.53. The Hall–Kier alpha value is -0.390. The molecule has 1 N–H and O–H groups in total. The van der Waals surface area contributed by atoms with Crippen molar-refractivity contribution in [2.45, 2.75) is 19.4 Å². The van der Waals surface area contributed by atoms with Crippen molar-refractivity contribution < 1.29 is 4.79 Å². The molecule has 0 bridgehead atoms. The smallest absolute Gasteiger partial charge is 0.261 e. The number of amides is 1. The molecule has 17 heavy (non-hydrogen) atoms. The minimum absolute atomic E-state index is 0.0575. The van der Waals surface area contributed by atoms with Crippen LogP contribution in [0, 0.1) is 5.92 Å². The number of nitrogens with zero attached hydrogens (tertiary/aromatic N) is 1. The second-order valence-electron chi connectivity index (χ2n) is 4.71. The van der Waals surface area contributed by atoms with Gasteiger partial charge in [-0.05, 0) is 54.0 Å². The summed E-state index contributed by atoms with van der Waals surface area (Å²) in [5.41, 5.74) is 0. The van der Waals surface area contributed by atoms with Crippen LogP contribution in [-0.2, 0) is 0 Å². The van der Waals surface area contributed by atoms with E-state index in [1.54, 1.807) is 0 Å². The Balaban J connectivity index is 1.95. The van der Waals surface area contributed by atoms with Gasteiger partial charge < -0.3 is 10.2 Å². The molecule has 1 aliphatic heterocycles. The van der Waals surface area contributed by atoms with Crippen LogP contribution in [0.25, 0.3) is 0 Å². The summed E-state index contributed by atoms with van der Waals surface area (Å²) in [5.74, 6) is 0.572. The highest BCUT2D eigenvalue weighted by Crippen LogP contribution is 2.23. The van der Waals surface area contributed by atoms with Gasteiger partial charge in [-0.2, -0.15) is 0 Å². The number of likely N-dealkylation sites (tertiary alicyclic amines) is 1. The molecule has 5 heteroatoms. The molecular weight excluding hydrogens is 300 g/mol. The lowest BCUT2D eigenvalue weighted by molar-refractivity contribution is 0.0888. The number of carbonyl (C=O) groups is 1. The lowest BCUT2D eigenvalue weighted by Crippen LogP contribution is -2.48. The lowest BCUT2D eigenvalue weighted by atomic mass is 9.94. The lowest BCUT2D eigenvalue weighted by Gasteiger charge is -2.35. The summed E-state index contributed by atoms with van der Waals surface area (Å²) >= 11 is 4.86. The first-order valence-electron chi connectivity index (χ1n) is 5.81. The van der Waals surface area contributed by atoms with E-state index < -0.39 is 0 Å². The first-order valence-corrected chi connectivity index (χ1v) is 7.42. The quantitative estimate of drug-likeness (QED) is 0.909. The third kappa shape index (κ3) is 3.30. The topological polar surface area (TPSA) is 32.3 Å². The van der Waals surface area contributed by atoms with Crippen molar-refractivity contribution in [1.82, 2.24) is 10.2 Å². The Morgan fingerprint density at radius 1 is 1.59 bits per heavy atom. The number of rotatable bonds is 2. The average molecular weight is 317 g/mol. The van der Waals surface area contributed by atoms with Crippen LogP contribution in [0.5, 0.6) is 0 Å². The molecule has 3 nitrogen and oxygen atoms in total. The molecule has 2 unspecified atom stereocenters.